The van der Waals surface area contributed by atoms with E-state index in [9.17, 15) is 9.59 Å². The van der Waals surface area contributed by atoms with Crippen LogP contribution in [0.15, 0.2) is 54.6 Å². The fourth-order valence-electron chi connectivity index (χ4n) is 2.79. The lowest BCUT2D eigenvalue weighted by Crippen LogP contribution is -2.33. The van der Waals surface area contributed by atoms with Gasteiger partial charge in [0.1, 0.15) is 0 Å². The molecule has 4 nitrogen and oxygen atoms in total. The Morgan fingerprint density at radius 1 is 1.00 bits per heavy atom. The number of hydrogen-bond acceptors (Lipinski definition) is 3. The summed E-state index contributed by atoms with van der Waals surface area (Å²) in [6.45, 7) is 5.28. The van der Waals surface area contributed by atoms with Crippen molar-refractivity contribution >= 4 is 35.2 Å². The lowest BCUT2D eigenvalue weighted by molar-refractivity contribution is -0.127. The zero-order chi connectivity index (χ0) is 19.6. The monoisotopic (exact) mass is 404 g/mol. The minimum atomic E-state index is -0.281. The Morgan fingerprint density at radius 2 is 1.67 bits per heavy atom. The number of rotatable bonds is 9. The van der Waals surface area contributed by atoms with Crippen LogP contribution < -0.4 is 5.32 Å². The topological polar surface area (TPSA) is 49.4 Å². The van der Waals surface area contributed by atoms with Gasteiger partial charge in [0.05, 0.1) is 17.5 Å². The van der Waals surface area contributed by atoms with Gasteiger partial charge in [-0.05, 0) is 37.1 Å². The van der Waals surface area contributed by atoms with E-state index in [-0.39, 0.29) is 23.6 Å². The van der Waals surface area contributed by atoms with Crippen LogP contribution >= 0.6 is 23.4 Å². The number of carbonyl (C=O) groups is 2. The number of nitrogens with zero attached hydrogens (tertiary/aromatic N) is 1. The summed E-state index contributed by atoms with van der Waals surface area (Å²) < 4.78 is 0. The van der Waals surface area contributed by atoms with Crippen LogP contribution in [0.1, 0.15) is 31.0 Å². The van der Waals surface area contributed by atoms with Gasteiger partial charge in [-0.2, -0.15) is 0 Å². The maximum absolute atomic E-state index is 12.5. The van der Waals surface area contributed by atoms with Crippen molar-refractivity contribution in [2.45, 2.75) is 19.9 Å². The summed E-state index contributed by atoms with van der Waals surface area (Å²) in [6, 6.07) is 17.0. The van der Waals surface area contributed by atoms with E-state index in [1.807, 2.05) is 68.4 Å². The molecule has 0 heterocycles. The van der Waals surface area contributed by atoms with Gasteiger partial charge >= 0.3 is 0 Å². The fraction of sp³-hybridized carbons (Fsp3) is 0.333. The third-order valence-corrected chi connectivity index (χ3v) is 5.35. The van der Waals surface area contributed by atoms with Crippen LogP contribution in [0, 0.1) is 0 Å². The highest BCUT2D eigenvalue weighted by Gasteiger charge is 2.18. The maximum Gasteiger partial charge on any atom is 0.232 e. The predicted molar refractivity (Wildman–Crippen MR) is 113 cm³/mol. The van der Waals surface area contributed by atoms with E-state index in [1.165, 1.54) is 11.8 Å². The van der Waals surface area contributed by atoms with E-state index in [2.05, 4.69) is 5.32 Å². The standard InChI is InChI=1S/C21H25ClN2O2S/c1-3-24(4-2)20(26)15-27-14-19(25)23-21(16-9-6-5-7-10-16)17-11-8-12-18(22)13-17/h5-13,21H,3-4,14-15H2,1-2H3,(H,23,25). The van der Waals surface area contributed by atoms with Crippen LogP contribution in [0.25, 0.3) is 0 Å². The summed E-state index contributed by atoms with van der Waals surface area (Å²) >= 11 is 7.46. The van der Waals surface area contributed by atoms with Crippen LogP contribution in [-0.2, 0) is 9.59 Å². The Labute approximate surface area is 170 Å². The Bertz CT molecular complexity index is 751. The van der Waals surface area contributed by atoms with Crippen molar-refractivity contribution in [3.8, 4) is 0 Å². The molecule has 144 valence electrons. The third kappa shape index (κ3) is 6.60. The molecule has 0 saturated carbocycles. The Hall–Kier alpha value is -1.98. The molecule has 0 aromatic heterocycles. The molecule has 0 aliphatic rings. The van der Waals surface area contributed by atoms with E-state index < -0.39 is 0 Å². The molecule has 0 radical (unpaired) electrons. The molecule has 1 N–H and O–H groups in total. The molecule has 2 rings (SSSR count). The normalized spacial score (nSPS) is 11.7. The number of hydrogen-bond donors (Lipinski definition) is 1. The minimum absolute atomic E-state index is 0.0623. The van der Waals surface area contributed by atoms with Gasteiger partial charge in [-0.25, -0.2) is 0 Å². The number of nitrogens with one attached hydrogen (secondary N) is 1. The molecule has 0 spiro atoms. The zero-order valence-electron chi connectivity index (χ0n) is 15.7. The van der Waals surface area contributed by atoms with Crippen molar-refractivity contribution in [2.75, 3.05) is 24.6 Å². The SMILES string of the molecule is CCN(CC)C(=O)CSCC(=O)NC(c1ccccc1)c1cccc(Cl)c1. The molecule has 2 amide bonds. The van der Waals surface area contributed by atoms with Gasteiger partial charge < -0.3 is 10.2 Å². The molecule has 0 aliphatic carbocycles. The highest BCUT2D eigenvalue weighted by Crippen LogP contribution is 2.24. The largest absolute Gasteiger partial charge is 0.344 e. The van der Waals surface area contributed by atoms with Crippen molar-refractivity contribution in [1.82, 2.24) is 10.2 Å². The van der Waals surface area contributed by atoms with E-state index in [0.29, 0.717) is 23.9 Å². The third-order valence-electron chi connectivity index (χ3n) is 4.20. The average Bonchev–Trinajstić information content (AvgIpc) is 2.68. The molecule has 0 aliphatic heterocycles. The van der Waals surface area contributed by atoms with Gasteiger partial charge in [0.15, 0.2) is 0 Å². The van der Waals surface area contributed by atoms with Gasteiger partial charge in [0.2, 0.25) is 11.8 Å². The smallest absolute Gasteiger partial charge is 0.232 e. The number of thioether (sulfide) groups is 1. The van der Waals surface area contributed by atoms with Crippen LogP contribution in [0.2, 0.25) is 5.02 Å². The first-order chi connectivity index (χ1) is 13.0. The van der Waals surface area contributed by atoms with E-state index in [4.69, 9.17) is 11.6 Å². The second-order valence-corrected chi connectivity index (χ2v) is 7.45. The van der Waals surface area contributed by atoms with Crippen molar-refractivity contribution in [2.24, 2.45) is 0 Å². The number of amides is 2. The highest BCUT2D eigenvalue weighted by molar-refractivity contribution is 8.00. The second kappa shape index (κ2) is 11.0. The first kappa shape index (κ1) is 21.3. The van der Waals surface area contributed by atoms with Crippen LogP contribution in [0.4, 0.5) is 0 Å². The van der Waals surface area contributed by atoms with E-state index in [0.717, 1.165) is 11.1 Å². The second-order valence-electron chi connectivity index (χ2n) is 6.03. The molecule has 1 atom stereocenters. The Morgan fingerprint density at radius 3 is 2.30 bits per heavy atom. The maximum atomic E-state index is 12.5. The van der Waals surface area contributed by atoms with Crippen LogP contribution in [-0.4, -0.2) is 41.3 Å². The lowest BCUT2D eigenvalue weighted by Gasteiger charge is -2.21. The fourth-order valence-corrected chi connectivity index (χ4v) is 3.72. The highest BCUT2D eigenvalue weighted by atomic mass is 35.5. The summed E-state index contributed by atoms with van der Waals surface area (Å²) in [5.41, 5.74) is 1.91. The van der Waals surface area contributed by atoms with Crippen LogP contribution in [0.5, 0.6) is 0 Å². The lowest BCUT2D eigenvalue weighted by atomic mass is 9.99. The van der Waals surface area contributed by atoms with Crippen LogP contribution in [0.3, 0.4) is 0 Å². The van der Waals surface area contributed by atoms with E-state index in [1.54, 1.807) is 4.90 Å². The van der Waals surface area contributed by atoms with Gasteiger partial charge in [-0.15, -0.1) is 11.8 Å². The van der Waals surface area contributed by atoms with Gasteiger partial charge in [0, 0.05) is 18.1 Å². The summed E-state index contributed by atoms with van der Waals surface area (Å²) in [6.07, 6.45) is 0. The summed E-state index contributed by atoms with van der Waals surface area (Å²) in [5, 5.41) is 3.69. The molecular weight excluding hydrogens is 380 g/mol. The zero-order valence-corrected chi connectivity index (χ0v) is 17.2. The number of benzene rings is 2. The molecule has 0 saturated heterocycles. The van der Waals surface area contributed by atoms with Gasteiger partial charge in [0.25, 0.3) is 0 Å². The minimum Gasteiger partial charge on any atom is -0.344 e. The van der Waals surface area contributed by atoms with Crippen molar-refractivity contribution in [1.29, 1.82) is 0 Å². The number of carbonyl (C=O) groups excluding carboxylic acids is 2. The van der Waals surface area contributed by atoms with Gasteiger partial charge in [-0.1, -0.05) is 54.1 Å². The molecule has 0 bridgehead atoms. The predicted octanol–water partition coefficient (Wildman–Crippen LogP) is 4.15. The average molecular weight is 405 g/mol. The molecular formula is C21H25ClN2O2S. The first-order valence-electron chi connectivity index (χ1n) is 9.00. The molecule has 2 aromatic rings. The molecule has 0 fully saturated rings. The Kier molecular flexibility index (Phi) is 8.69. The Balaban J connectivity index is 2.01. The first-order valence-corrected chi connectivity index (χ1v) is 10.5. The summed E-state index contributed by atoms with van der Waals surface area (Å²) in [4.78, 5) is 26.3. The molecule has 27 heavy (non-hydrogen) atoms. The van der Waals surface area contributed by atoms with Gasteiger partial charge in [-0.3, -0.25) is 9.59 Å². The summed E-state index contributed by atoms with van der Waals surface area (Å²) in [5.74, 6) is 0.493. The van der Waals surface area contributed by atoms with Crippen molar-refractivity contribution < 1.29 is 9.59 Å². The summed E-state index contributed by atoms with van der Waals surface area (Å²) in [7, 11) is 0. The van der Waals surface area contributed by atoms with Crippen molar-refractivity contribution in [3.05, 3.63) is 70.7 Å². The molecule has 6 heteroatoms. The molecule has 1 unspecified atom stereocenters. The van der Waals surface area contributed by atoms with Crippen molar-refractivity contribution in [3.63, 3.8) is 0 Å². The molecule has 2 aromatic carbocycles. The van der Waals surface area contributed by atoms with E-state index >= 15 is 0 Å². The quantitative estimate of drug-likeness (QED) is 0.683. The number of halogens is 1.